The third-order valence-electron chi connectivity index (χ3n) is 4.29. The van der Waals surface area contributed by atoms with Crippen LogP contribution in [-0.4, -0.2) is 26.7 Å². The lowest BCUT2D eigenvalue weighted by Crippen LogP contribution is -2.26. The van der Waals surface area contributed by atoms with Crippen LogP contribution in [-0.2, 0) is 4.79 Å². The zero-order valence-electron chi connectivity index (χ0n) is 14.5. The minimum atomic E-state index is -0.340. The molecule has 0 atom stereocenters. The van der Waals surface area contributed by atoms with Gasteiger partial charge in [0.15, 0.2) is 0 Å². The summed E-state index contributed by atoms with van der Waals surface area (Å²) < 4.78 is 1.75. The predicted molar refractivity (Wildman–Crippen MR) is 102 cm³/mol. The number of hydrogen-bond donors (Lipinski definition) is 1. The predicted octanol–water partition coefficient (Wildman–Crippen LogP) is 3.12. The monoisotopic (exact) mass is 355 g/mol. The molecule has 0 radical (unpaired) electrons. The molecule has 0 bridgehead atoms. The Morgan fingerprint density at radius 1 is 1.19 bits per heavy atom. The van der Waals surface area contributed by atoms with E-state index in [0.717, 1.165) is 24.1 Å². The summed E-state index contributed by atoms with van der Waals surface area (Å²) in [5, 5.41) is 17.0. The molecule has 6 heteroatoms. The van der Waals surface area contributed by atoms with Gasteiger partial charge in [-0.3, -0.25) is 9.78 Å². The number of nitrogens with zero attached hydrogens (tertiary/aromatic N) is 4. The molecule has 0 unspecified atom stereocenters. The van der Waals surface area contributed by atoms with Gasteiger partial charge in [0.25, 0.3) is 5.91 Å². The van der Waals surface area contributed by atoms with Crippen molar-refractivity contribution in [3.8, 4) is 23.0 Å². The van der Waals surface area contributed by atoms with Crippen LogP contribution in [0.3, 0.4) is 0 Å². The van der Waals surface area contributed by atoms with Crippen LogP contribution in [0, 0.1) is 11.3 Å². The van der Waals surface area contributed by atoms with E-state index in [-0.39, 0.29) is 17.5 Å². The van der Waals surface area contributed by atoms with E-state index in [9.17, 15) is 10.1 Å². The maximum atomic E-state index is 12.3. The van der Waals surface area contributed by atoms with Gasteiger partial charge in [-0.05, 0) is 43.2 Å². The molecule has 1 amide bonds. The van der Waals surface area contributed by atoms with Crippen LogP contribution in [0.25, 0.3) is 23.0 Å². The summed E-state index contributed by atoms with van der Waals surface area (Å²) in [5.74, 6) is -0.340. The normalized spacial score (nSPS) is 13.8. The van der Waals surface area contributed by atoms with E-state index < -0.39 is 0 Å². The highest BCUT2D eigenvalue weighted by Crippen LogP contribution is 2.26. The van der Waals surface area contributed by atoms with Crippen molar-refractivity contribution >= 4 is 12.0 Å². The summed E-state index contributed by atoms with van der Waals surface area (Å²) in [6.45, 7) is 0. The lowest BCUT2D eigenvalue weighted by molar-refractivity contribution is -0.117. The molecule has 1 N–H and O–H groups in total. The smallest absolute Gasteiger partial charge is 0.262 e. The number of amides is 1. The Hall–Kier alpha value is -3.72. The fourth-order valence-corrected chi connectivity index (χ4v) is 2.73. The quantitative estimate of drug-likeness (QED) is 0.563. The number of pyridine rings is 1. The summed E-state index contributed by atoms with van der Waals surface area (Å²) >= 11 is 0. The summed E-state index contributed by atoms with van der Waals surface area (Å²) in [4.78, 5) is 16.4. The molecular weight excluding hydrogens is 338 g/mol. The van der Waals surface area contributed by atoms with E-state index in [1.165, 1.54) is 0 Å². The Bertz CT molecular complexity index is 1030. The Balaban J connectivity index is 1.78. The summed E-state index contributed by atoms with van der Waals surface area (Å²) in [5.41, 5.74) is 3.23. The Labute approximate surface area is 156 Å². The summed E-state index contributed by atoms with van der Waals surface area (Å²) in [6.07, 6.45) is 8.74. The van der Waals surface area contributed by atoms with Crippen LogP contribution in [0.5, 0.6) is 0 Å². The van der Waals surface area contributed by atoms with E-state index in [1.54, 1.807) is 23.2 Å². The molecule has 2 aromatic heterocycles. The maximum absolute atomic E-state index is 12.3. The Kier molecular flexibility index (Phi) is 4.50. The number of carbonyl (C=O) groups excluding carboxylic acids is 1. The van der Waals surface area contributed by atoms with Crippen molar-refractivity contribution < 1.29 is 4.79 Å². The zero-order valence-corrected chi connectivity index (χ0v) is 14.5. The van der Waals surface area contributed by atoms with Gasteiger partial charge < -0.3 is 5.32 Å². The van der Waals surface area contributed by atoms with Gasteiger partial charge in [-0.25, -0.2) is 4.68 Å². The molecule has 3 aromatic rings. The number of benzene rings is 1. The number of rotatable bonds is 5. The average molecular weight is 355 g/mol. The second kappa shape index (κ2) is 7.26. The second-order valence-corrected chi connectivity index (χ2v) is 6.37. The van der Waals surface area contributed by atoms with Crippen LogP contribution in [0.15, 0.2) is 66.6 Å². The zero-order chi connectivity index (χ0) is 18.6. The maximum Gasteiger partial charge on any atom is 0.262 e. The van der Waals surface area contributed by atoms with Crippen molar-refractivity contribution in [2.24, 2.45) is 0 Å². The van der Waals surface area contributed by atoms with Crippen LogP contribution < -0.4 is 5.32 Å². The molecule has 1 saturated carbocycles. The highest BCUT2D eigenvalue weighted by molar-refractivity contribution is 6.02. The first-order chi connectivity index (χ1) is 13.2. The number of para-hydroxylation sites is 1. The van der Waals surface area contributed by atoms with Crippen molar-refractivity contribution in [2.45, 2.75) is 18.9 Å². The SMILES string of the molecule is N#C/C(=C\c1cn(-c2ccccc2)nc1-c1ccncc1)C(=O)NC1CC1. The van der Waals surface area contributed by atoms with Crippen molar-refractivity contribution in [1.29, 1.82) is 5.26 Å². The van der Waals surface area contributed by atoms with E-state index >= 15 is 0 Å². The molecule has 1 aliphatic carbocycles. The van der Waals surface area contributed by atoms with Crippen LogP contribution in [0.2, 0.25) is 0 Å². The molecule has 27 heavy (non-hydrogen) atoms. The Morgan fingerprint density at radius 2 is 1.93 bits per heavy atom. The molecule has 2 heterocycles. The van der Waals surface area contributed by atoms with Crippen molar-refractivity contribution in [1.82, 2.24) is 20.1 Å². The van der Waals surface area contributed by atoms with E-state index in [4.69, 9.17) is 0 Å². The van der Waals surface area contributed by atoms with Gasteiger partial charge in [0, 0.05) is 35.8 Å². The van der Waals surface area contributed by atoms with Crippen molar-refractivity contribution in [3.63, 3.8) is 0 Å². The van der Waals surface area contributed by atoms with Crippen LogP contribution in [0.4, 0.5) is 0 Å². The molecule has 6 nitrogen and oxygen atoms in total. The first kappa shape index (κ1) is 16.7. The molecule has 0 saturated heterocycles. The third-order valence-corrected chi connectivity index (χ3v) is 4.29. The molecular formula is C21H17N5O. The average Bonchev–Trinajstić information content (AvgIpc) is 3.43. The lowest BCUT2D eigenvalue weighted by atomic mass is 10.1. The highest BCUT2D eigenvalue weighted by Gasteiger charge is 2.25. The number of aromatic nitrogens is 3. The molecule has 132 valence electrons. The van der Waals surface area contributed by atoms with Crippen molar-refractivity contribution in [2.75, 3.05) is 0 Å². The molecule has 1 aliphatic rings. The van der Waals surface area contributed by atoms with E-state index in [2.05, 4.69) is 15.4 Å². The summed E-state index contributed by atoms with van der Waals surface area (Å²) in [7, 11) is 0. The molecule has 0 aliphatic heterocycles. The first-order valence-electron chi connectivity index (χ1n) is 8.73. The first-order valence-corrected chi connectivity index (χ1v) is 8.73. The largest absolute Gasteiger partial charge is 0.349 e. The minimum Gasteiger partial charge on any atom is -0.349 e. The van der Waals surface area contributed by atoms with Crippen LogP contribution in [0.1, 0.15) is 18.4 Å². The highest BCUT2D eigenvalue weighted by atomic mass is 16.1. The fourth-order valence-electron chi connectivity index (χ4n) is 2.73. The number of hydrogen-bond acceptors (Lipinski definition) is 4. The van der Waals surface area contributed by atoms with Gasteiger partial charge in [0.1, 0.15) is 17.3 Å². The van der Waals surface area contributed by atoms with E-state index in [1.807, 2.05) is 54.7 Å². The Morgan fingerprint density at radius 3 is 2.59 bits per heavy atom. The van der Waals surface area contributed by atoms with Crippen LogP contribution >= 0.6 is 0 Å². The number of nitrogens with one attached hydrogen (secondary N) is 1. The minimum absolute atomic E-state index is 0.0739. The molecule has 1 aromatic carbocycles. The topological polar surface area (TPSA) is 83.6 Å². The fraction of sp³-hybridized carbons (Fsp3) is 0.143. The standard InChI is InChI=1S/C21H17N5O/c22-13-16(21(27)24-18-6-7-18)12-17-14-26(19-4-2-1-3-5-19)25-20(17)15-8-10-23-11-9-15/h1-5,8-12,14,18H,6-7H2,(H,24,27)/b16-12+. The van der Waals surface area contributed by atoms with Gasteiger partial charge in [0.05, 0.1) is 5.69 Å². The van der Waals surface area contributed by atoms with Gasteiger partial charge in [-0.2, -0.15) is 10.4 Å². The molecule has 1 fully saturated rings. The second-order valence-electron chi connectivity index (χ2n) is 6.37. The lowest BCUT2D eigenvalue weighted by Gasteiger charge is -2.02. The third kappa shape index (κ3) is 3.77. The molecule has 4 rings (SSSR count). The number of nitriles is 1. The molecule has 0 spiro atoms. The van der Waals surface area contributed by atoms with E-state index in [0.29, 0.717) is 11.3 Å². The summed E-state index contributed by atoms with van der Waals surface area (Å²) in [6, 6.07) is 15.6. The van der Waals surface area contributed by atoms with Crippen molar-refractivity contribution in [3.05, 3.63) is 72.2 Å². The van der Waals surface area contributed by atoms with Gasteiger partial charge in [0.2, 0.25) is 0 Å². The van der Waals surface area contributed by atoms with Gasteiger partial charge >= 0.3 is 0 Å². The number of carbonyl (C=O) groups is 1. The van der Waals surface area contributed by atoms with Gasteiger partial charge in [-0.15, -0.1) is 0 Å². The van der Waals surface area contributed by atoms with Gasteiger partial charge in [-0.1, -0.05) is 18.2 Å².